The number of ketones is 1. The van der Waals surface area contributed by atoms with Crippen LogP contribution < -0.4 is 0 Å². The lowest BCUT2D eigenvalue weighted by molar-refractivity contribution is 0.0782. The van der Waals surface area contributed by atoms with Crippen LogP contribution in [0, 0.1) is 0 Å². The maximum atomic E-state index is 11.6. The van der Waals surface area contributed by atoms with Crippen LogP contribution in [-0.2, 0) is 4.74 Å². The zero-order valence-corrected chi connectivity index (χ0v) is 10.9. The quantitative estimate of drug-likeness (QED) is 0.794. The molecular weight excluding hydrogens is 312 g/mol. The topological polar surface area (TPSA) is 26.3 Å². The standard InChI is InChI=1S/C10H10Br2O2/c1-2-14-6-10(13)8-5-7(11)3-4-9(8)12/h3-5H,2,6H2,1H3. The third-order valence-electron chi connectivity index (χ3n) is 1.67. The van der Waals surface area contributed by atoms with Gasteiger partial charge in [0.25, 0.3) is 0 Å². The highest BCUT2D eigenvalue weighted by Crippen LogP contribution is 2.21. The summed E-state index contributed by atoms with van der Waals surface area (Å²) in [5.41, 5.74) is 0.646. The second-order valence-corrected chi connectivity index (χ2v) is 4.45. The Morgan fingerprint density at radius 3 is 2.79 bits per heavy atom. The molecule has 0 bridgehead atoms. The molecular formula is C10H10Br2O2. The van der Waals surface area contributed by atoms with Crippen molar-refractivity contribution in [3.63, 3.8) is 0 Å². The number of Topliss-reactive ketones (excluding diaryl/α,β-unsaturated/α-hetero) is 1. The van der Waals surface area contributed by atoms with Crippen molar-refractivity contribution in [3.8, 4) is 0 Å². The van der Waals surface area contributed by atoms with Gasteiger partial charge in [0.05, 0.1) is 0 Å². The Morgan fingerprint density at radius 1 is 1.43 bits per heavy atom. The van der Waals surface area contributed by atoms with Crippen molar-refractivity contribution in [2.24, 2.45) is 0 Å². The van der Waals surface area contributed by atoms with E-state index in [1.54, 1.807) is 6.07 Å². The summed E-state index contributed by atoms with van der Waals surface area (Å²) in [5, 5.41) is 0. The normalized spacial score (nSPS) is 10.2. The van der Waals surface area contributed by atoms with Crippen molar-refractivity contribution < 1.29 is 9.53 Å². The number of halogens is 2. The molecule has 0 saturated heterocycles. The maximum absolute atomic E-state index is 11.6. The number of rotatable bonds is 4. The molecule has 0 unspecified atom stereocenters. The summed E-state index contributed by atoms with van der Waals surface area (Å²) in [6, 6.07) is 5.50. The van der Waals surface area contributed by atoms with Gasteiger partial charge in [0, 0.05) is 21.1 Å². The molecule has 0 fully saturated rings. The van der Waals surface area contributed by atoms with Crippen molar-refractivity contribution in [2.45, 2.75) is 6.92 Å². The van der Waals surface area contributed by atoms with Crippen LogP contribution in [0.1, 0.15) is 17.3 Å². The number of hydrogen-bond acceptors (Lipinski definition) is 2. The fraction of sp³-hybridized carbons (Fsp3) is 0.300. The second kappa shape index (κ2) is 5.63. The van der Waals surface area contributed by atoms with Gasteiger partial charge in [0.2, 0.25) is 0 Å². The van der Waals surface area contributed by atoms with Crippen LogP contribution >= 0.6 is 31.9 Å². The van der Waals surface area contributed by atoms with Crippen molar-refractivity contribution in [1.82, 2.24) is 0 Å². The van der Waals surface area contributed by atoms with Gasteiger partial charge < -0.3 is 4.74 Å². The summed E-state index contributed by atoms with van der Waals surface area (Å²) in [4.78, 5) is 11.6. The summed E-state index contributed by atoms with van der Waals surface area (Å²) in [6.07, 6.45) is 0. The fourth-order valence-electron chi connectivity index (χ4n) is 0.984. The Hall–Kier alpha value is -0.190. The summed E-state index contributed by atoms with van der Waals surface area (Å²) < 4.78 is 6.74. The first-order valence-electron chi connectivity index (χ1n) is 4.21. The van der Waals surface area contributed by atoms with Crippen LogP contribution in [0.5, 0.6) is 0 Å². The SMILES string of the molecule is CCOCC(=O)c1cc(Br)ccc1Br. The van der Waals surface area contributed by atoms with E-state index in [-0.39, 0.29) is 12.4 Å². The first-order valence-corrected chi connectivity index (χ1v) is 5.79. The van der Waals surface area contributed by atoms with Crippen LogP contribution in [0.3, 0.4) is 0 Å². The molecule has 0 aliphatic rings. The van der Waals surface area contributed by atoms with Crippen LogP contribution in [0.25, 0.3) is 0 Å². The van der Waals surface area contributed by atoms with Gasteiger partial charge in [-0.1, -0.05) is 31.9 Å². The van der Waals surface area contributed by atoms with Crippen LogP contribution in [-0.4, -0.2) is 19.0 Å². The molecule has 0 aromatic heterocycles. The molecule has 0 N–H and O–H groups in total. The monoisotopic (exact) mass is 320 g/mol. The average molecular weight is 322 g/mol. The number of benzene rings is 1. The van der Waals surface area contributed by atoms with Gasteiger partial charge in [-0.25, -0.2) is 0 Å². The molecule has 0 aliphatic carbocycles. The molecule has 76 valence electrons. The Balaban J connectivity index is 2.83. The molecule has 0 heterocycles. The van der Waals surface area contributed by atoms with E-state index in [0.717, 1.165) is 8.95 Å². The third-order valence-corrected chi connectivity index (χ3v) is 2.85. The van der Waals surface area contributed by atoms with Crippen LogP contribution in [0.2, 0.25) is 0 Å². The Morgan fingerprint density at radius 2 is 2.14 bits per heavy atom. The fourth-order valence-corrected chi connectivity index (χ4v) is 1.81. The van der Waals surface area contributed by atoms with E-state index < -0.39 is 0 Å². The Bertz CT molecular complexity index is 337. The molecule has 1 rings (SSSR count). The Kier molecular flexibility index (Phi) is 4.78. The lowest BCUT2D eigenvalue weighted by Crippen LogP contribution is -2.09. The lowest BCUT2D eigenvalue weighted by atomic mass is 10.1. The van der Waals surface area contributed by atoms with E-state index in [9.17, 15) is 4.79 Å². The zero-order valence-electron chi connectivity index (χ0n) is 7.72. The minimum absolute atomic E-state index is 0.0139. The number of hydrogen-bond donors (Lipinski definition) is 0. The van der Waals surface area contributed by atoms with Gasteiger partial charge in [-0.2, -0.15) is 0 Å². The van der Waals surface area contributed by atoms with Gasteiger partial charge in [0.1, 0.15) is 6.61 Å². The van der Waals surface area contributed by atoms with Crippen LogP contribution in [0.15, 0.2) is 27.1 Å². The molecule has 0 radical (unpaired) electrons. The molecule has 4 heteroatoms. The van der Waals surface area contributed by atoms with E-state index >= 15 is 0 Å². The van der Waals surface area contributed by atoms with Crippen molar-refractivity contribution in [2.75, 3.05) is 13.2 Å². The molecule has 0 spiro atoms. The molecule has 2 nitrogen and oxygen atoms in total. The summed E-state index contributed by atoms with van der Waals surface area (Å²) in [5.74, 6) is -0.0139. The number of carbonyl (C=O) groups is 1. The molecule has 14 heavy (non-hydrogen) atoms. The maximum Gasteiger partial charge on any atom is 0.189 e. The molecule has 0 saturated carbocycles. The van der Waals surface area contributed by atoms with Gasteiger partial charge in [-0.3, -0.25) is 4.79 Å². The smallest absolute Gasteiger partial charge is 0.189 e. The lowest BCUT2D eigenvalue weighted by Gasteiger charge is -2.04. The van der Waals surface area contributed by atoms with Crippen molar-refractivity contribution in [1.29, 1.82) is 0 Å². The predicted octanol–water partition coefficient (Wildman–Crippen LogP) is 3.43. The molecule has 1 aromatic rings. The highest BCUT2D eigenvalue weighted by atomic mass is 79.9. The summed E-state index contributed by atoms with van der Waals surface area (Å²) in [7, 11) is 0. The van der Waals surface area contributed by atoms with Gasteiger partial charge in [0.15, 0.2) is 5.78 Å². The summed E-state index contributed by atoms with van der Waals surface area (Å²) in [6.45, 7) is 2.55. The molecule has 1 aromatic carbocycles. The highest BCUT2D eigenvalue weighted by Gasteiger charge is 2.10. The van der Waals surface area contributed by atoms with Crippen molar-refractivity contribution >= 4 is 37.6 Å². The third kappa shape index (κ3) is 3.19. The largest absolute Gasteiger partial charge is 0.374 e. The Labute approximate surface area is 99.9 Å². The molecule has 0 aliphatic heterocycles. The zero-order chi connectivity index (χ0) is 10.6. The number of ether oxygens (including phenoxy) is 1. The highest BCUT2D eigenvalue weighted by molar-refractivity contribution is 9.11. The van der Waals surface area contributed by atoms with E-state index in [1.807, 2.05) is 19.1 Å². The van der Waals surface area contributed by atoms with Gasteiger partial charge in [-0.15, -0.1) is 0 Å². The molecule has 0 amide bonds. The van der Waals surface area contributed by atoms with E-state index in [1.165, 1.54) is 0 Å². The predicted molar refractivity (Wildman–Crippen MR) is 62.7 cm³/mol. The summed E-state index contributed by atoms with van der Waals surface area (Å²) >= 11 is 6.64. The molecule has 0 atom stereocenters. The average Bonchev–Trinajstić information content (AvgIpc) is 2.18. The van der Waals surface area contributed by atoms with Gasteiger partial charge in [-0.05, 0) is 25.1 Å². The van der Waals surface area contributed by atoms with Gasteiger partial charge >= 0.3 is 0 Å². The minimum atomic E-state index is -0.0139. The van der Waals surface area contributed by atoms with Crippen LogP contribution in [0.4, 0.5) is 0 Å². The number of carbonyl (C=O) groups excluding carboxylic acids is 1. The van der Waals surface area contributed by atoms with E-state index in [2.05, 4.69) is 31.9 Å². The first-order chi connectivity index (χ1) is 6.65. The van der Waals surface area contributed by atoms with E-state index in [0.29, 0.717) is 12.2 Å². The van der Waals surface area contributed by atoms with Crippen molar-refractivity contribution in [3.05, 3.63) is 32.7 Å². The minimum Gasteiger partial charge on any atom is -0.374 e. The second-order valence-electron chi connectivity index (χ2n) is 2.68. The van der Waals surface area contributed by atoms with E-state index in [4.69, 9.17) is 4.74 Å². The first kappa shape index (κ1) is 11.9.